The van der Waals surface area contributed by atoms with Crippen molar-refractivity contribution in [3.63, 3.8) is 0 Å². The minimum absolute atomic E-state index is 0.0453. The Bertz CT molecular complexity index is 1080. The highest BCUT2D eigenvalue weighted by Crippen LogP contribution is 2.33. The van der Waals surface area contributed by atoms with E-state index in [9.17, 15) is 4.79 Å². The summed E-state index contributed by atoms with van der Waals surface area (Å²) in [6, 6.07) is 7.72. The average Bonchev–Trinajstić information content (AvgIpc) is 2.63. The lowest BCUT2D eigenvalue weighted by molar-refractivity contribution is 0.219. The molecule has 0 fully saturated rings. The van der Waals surface area contributed by atoms with Crippen molar-refractivity contribution in [3.8, 4) is 11.5 Å². The summed E-state index contributed by atoms with van der Waals surface area (Å²) in [7, 11) is 0. The monoisotopic (exact) mass is 365 g/mol. The number of H-pyrrole nitrogens is 1. The summed E-state index contributed by atoms with van der Waals surface area (Å²) >= 11 is 0. The smallest absolute Gasteiger partial charge is 0.201 e. The molecule has 0 saturated heterocycles. The van der Waals surface area contributed by atoms with Crippen molar-refractivity contribution in [1.82, 2.24) is 4.98 Å². The van der Waals surface area contributed by atoms with Crippen LogP contribution in [0.5, 0.6) is 11.5 Å². The van der Waals surface area contributed by atoms with E-state index in [1.165, 1.54) is 0 Å². The predicted octanol–water partition coefficient (Wildman–Crippen LogP) is 5.64. The molecule has 4 heteroatoms. The van der Waals surface area contributed by atoms with Crippen molar-refractivity contribution >= 4 is 21.8 Å². The number of benzene rings is 2. The zero-order valence-corrected chi connectivity index (χ0v) is 16.7. The van der Waals surface area contributed by atoms with Gasteiger partial charge < -0.3 is 14.5 Å². The standard InChI is InChI=1S/C23H27NO3/c1-7-15(6)27-19-10-9-18(26-13(3)4)20-22(19)24-21-14(5)11-16(8-2)12-17(21)23(20)25/h9-12,15H,3,7-8H2,1-2,4-6H3,(H,24,25). The molecule has 1 N–H and O–H groups in total. The van der Waals surface area contributed by atoms with Gasteiger partial charge in [0.05, 0.1) is 28.3 Å². The minimum atomic E-state index is -0.0528. The molecule has 0 spiro atoms. The molecule has 27 heavy (non-hydrogen) atoms. The van der Waals surface area contributed by atoms with Gasteiger partial charge in [0.25, 0.3) is 0 Å². The third kappa shape index (κ3) is 3.57. The number of rotatable bonds is 6. The summed E-state index contributed by atoms with van der Waals surface area (Å²) in [5.41, 5.74) is 3.64. The fourth-order valence-electron chi connectivity index (χ4n) is 3.26. The molecule has 3 aromatic rings. The number of aromatic nitrogens is 1. The van der Waals surface area contributed by atoms with Crippen LogP contribution in [-0.2, 0) is 6.42 Å². The Morgan fingerprint density at radius 3 is 2.52 bits per heavy atom. The number of hydrogen-bond donors (Lipinski definition) is 1. The number of hydrogen-bond acceptors (Lipinski definition) is 3. The van der Waals surface area contributed by atoms with Crippen LogP contribution in [0.4, 0.5) is 0 Å². The Balaban J connectivity index is 2.42. The molecule has 1 aromatic heterocycles. The van der Waals surface area contributed by atoms with Crippen molar-refractivity contribution in [2.75, 3.05) is 0 Å². The topological polar surface area (TPSA) is 51.3 Å². The molecule has 0 saturated carbocycles. The van der Waals surface area contributed by atoms with Gasteiger partial charge in [-0.05, 0) is 62.9 Å². The van der Waals surface area contributed by atoms with Gasteiger partial charge in [-0.15, -0.1) is 0 Å². The zero-order chi connectivity index (χ0) is 19.7. The minimum Gasteiger partial charge on any atom is -0.489 e. The summed E-state index contributed by atoms with van der Waals surface area (Å²) in [5.74, 6) is 1.69. The molecule has 4 nitrogen and oxygen atoms in total. The lowest BCUT2D eigenvalue weighted by Crippen LogP contribution is -2.13. The van der Waals surface area contributed by atoms with E-state index in [0.29, 0.717) is 33.5 Å². The fraction of sp³-hybridized carbons (Fsp3) is 0.348. The van der Waals surface area contributed by atoms with Crippen molar-refractivity contribution in [1.29, 1.82) is 0 Å². The van der Waals surface area contributed by atoms with E-state index < -0.39 is 0 Å². The quantitative estimate of drug-likeness (QED) is 0.454. The number of aromatic amines is 1. The van der Waals surface area contributed by atoms with E-state index in [0.717, 1.165) is 29.5 Å². The van der Waals surface area contributed by atoms with E-state index in [4.69, 9.17) is 9.47 Å². The van der Waals surface area contributed by atoms with Crippen LogP contribution in [0.1, 0.15) is 45.2 Å². The molecule has 3 rings (SSSR count). The van der Waals surface area contributed by atoms with E-state index in [1.807, 2.05) is 26.0 Å². The van der Waals surface area contributed by atoms with E-state index in [1.54, 1.807) is 13.0 Å². The average molecular weight is 365 g/mol. The number of allylic oxidation sites excluding steroid dienone is 1. The Morgan fingerprint density at radius 2 is 1.89 bits per heavy atom. The highest BCUT2D eigenvalue weighted by molar-refractivity contribution is 5.99. The molecular weight excluding hydrogens is 338 g/mol. The molecule has 2 aromatic carbocycles. The van der Waals surface area contributed by atoms with Crippen molar-refractivity contribution in [2.24, 2.45) is 0 Å². The summed E-state index contributed by atoms with van der Waals surface area (Å²) in [4.78, 5) is 16.9. The molecule has 142 valence electrons. The van der Waals surface area contributed by atoms with Crippen LogP contribution in [-0.4, -0.2) is 11.1 Å². The number of ether oxygens (including phenoxy) is 2. The molecule has 0 aliphatic rings. The molecule has 1 heterocycles. The highest BCUT2D eigenvalue weighted by atomic mass is 16.5. The Labute approximate surface area is 159 Å². The van der Waals surface area contributed by atoms with Crippen LogP contribution in [0.2, 0.25) is 0 Å². The van der Waals surface area contributed by atoms with Gasteiger partial charge in [-0.3, -0.25) is 4.79 Å². The van der Waals surface area contributed by atoms with Gasteiger partial charge in [0.1, 0.15) is 11.5 Å². The molecule has 0 amide bonds. The second-order valence-corrected chi connectivity index (χ2v) is 7.10. The van der Waals surface area contributed by atoms with Crippen LogP contribution in [0.3, 0.4) is 0 Å². The second-order valence-electron chi connectivity index (χ2n) is 7.10. The molecule has 0 aliphatic heterocycles. The third-order valence-corrected chi connectivity index (χ3v) is 4.84. The van der Waals surface area contributed by atoms with Crippen molar-refractivity contribution in [2.45, 2.75) is 53.6 Å². The largest absolute Gasteiger partial charge is 0.489 e. The first-order valence-electron chi connectivity index (χ1n) is 9.47. The second kappa shape index (κ2) is 7.47. The van der Waals surface area contributed by atoms with Gasteiger partial charge in [-0.2, -0.15) is 0 Å². The van der Waals surface area contributed by atoms with Crippen molar-refractivity contribution in [3.05, 3.63) is 58.0 Å². The van der Waals surface area contributed by atoms with Gasteiger partial charge in [-0.25, -0.2) is 0 Å². The first kappa shape index (κ1) is 19.0. The van der Waals surface area contributed by atoms with E-state index in [-0.39, 0.29) is 11.5 Å². The first-order chi connectivity index (χ1) is 12.8. The summed E-state index contributed by atoms with van der Waals surface area (Å²) in [6.07, 6.45) is 1.80. The molecule has 0 radical (unpaired) electrons. The summed E-state index contributed by atoms with van der Waals surface area (Å²) in [5, 5.41) is 1.17. The fourth-order valence-corrected chi connectivity index (χ4v) is 3.26. The molecule has 1 unspecified atom stereocenters. The Kier molecular flexibility index (Phi) is 5.26. The molecule has 0 aliphatic carbocycles. The summed E-state index contributed by atoms with van der Waals surface area (Å²) in [6.45, 7) is 13.8. The number of fused-ring (bicyclic) bond motifs is 2. The molecular formula is C23H27NO3. The van der Waals surface area contributed by atoms with Gasteiger partial charge in [0.2, 0.25) is 5.43 Å². The maximum absolute atomic E-state index is 13.4. The van der Waals surface area contributed by atoms with Crippen LogP contribution in [0, 0.1) is 6.92 Å². The van der Waals surface area contributed by atoms with E-state index in [2.05, 4.69) is 31.5 Å². The van der Waals surface area contributed by atoms with Crippen LogP contribution >= 0.6 is 0 Å². The van der Waals surface area contributed by atoms with Crippen LogP contribution in [0.25, 0.3) is 21.8 Å². The van der Waals surface area contributed by atoms with Gasteiger partial charge in [0, 0.05) is 5.39 Å². The number of aryl methyl sites for hydroxylation is 2. The van der Waals surface area contributed by atoms with Crippen molar-refractivity contribution < 1.29 is 9.47 Å². The Hall–Kier alpha value is -2.75. The normalized spacial score (nSPS) is 12.3. The predicted molar refractivity (Wildman–Crippen MR) is 112 cm³/mol. The Morgan fingerprint density at radius 1 is 1.19 bits per heavy atom. The maximum atomic E-state index is 13.4. The van der Waals surface area contributed by atoms with Crippen LogP contribution < -0.4 is 14.9 Å². The van der Waals surface area contributed by atoms with Gasteiger partial charge >= 0.3 is 0 Å². The first-order valence-corrected chi connectivity index (χ1v) is 9.47. The van der Waals surface area contributed by atoms with Gasteiger partial charge in [-0.1, -0.05) is 26.5 Å². The lowest BCUT2D eigenvalue weighted by Gasteiger charge is -2.17. The lowest BCUT2D eigenvalue weighted by atomic mass is 10.0. The third-order valence-electron chi connectivity index (χ3n) is 4.84. The zero-order valence-electron chi connectivity index (χ0n) is 16.7. The van der Waals surface area contributed by atoms with Gasteiger partial charge in [0.15, 0.2) is 0 Å². The number of pyridine rings is 1. The summed E-state index contributed by atoms with van der Waals surface area (Å²) < 4.78 is 11.8. The highest BCUT2D eigenvalue weighted by Gasteiger charge is 2.17. The molecule has 1 atom stereocenters. The molecule has 0 bridgehead atoms. The maximum Gasteiger partial charge on any atom is 0.201 e. The van der Waals surface area contributed by atoms with E-state index >= 15 is 0 Å². The number of nitrogens with one attached hydrogen (secondary N) is 1. The van der Waals surface area contributed by atoms with Crippen LogP contribution in [0.15, 0.2) is 41.4 Å². The SMILES string of the molecule is C=C(C)Oc1ccc(OC(C)CC)c2[nH]c3c(C)cc(CC)cc3c(=O)c12.